The van der Waals surface area contributed by atoms with Crippen LogP contribution >= 0.6 is 0 Å². The van der Waals surface area contributed by atoms with Gasteiger partial charge in [0.15, 0.2) is 0 Å². The number of aliphatic hydroxyl groups excluding tert-OH is 1. The maximum atomic E-state index is 13.7. The number of aliphatic hydroxyl groups is 1. The van der Waals surface area contributed by atoms with Gasteiger partial charge in [-0.3, -0.25) is 19.2 Å². The first-order valence-electron chi connectivity index (χ1n) is 16.2. The van der Waals surface area contributed by atoms with Crippen LogP contribution in [0.25, 0.3) is 11.3 Å². The summed E-state index contributed by atoms with van der Waals surface area (Å²) in [4.78, 5) is 65.1. The molecule has 0 spiro atoms. The maximum Gasteiger partial charge on any atom is 0.312 e. The summed E-state index contributed by atoms with van der Waals surface area (Å²) in [6.45, 7) is 1.89. The molecule has 3 aromatic rings. The molecule has 1 heterocycles. The van der Waals surface area contributed by atoms with Gasteiger partial charge in [-0.15, -0.1) is 0 Å². The summed E-state index contributed by atoms with van der Waals surface area (Å²) in [6.07, 6.45) is 0.215. The summed E-state index contributed by atoms with van der Waals surface area (Å²) in [7, 11) is 1.59. The number of rotatable bonds is 14. The van der Waals surface area contributed by atoms with E-state index in [1.165, 1.54) is 0 Å². The number of hydrogen-bond acceptors (Lipinski definition) is 8. The Morgan fingerprint density at radius 1 is 0.900 bits per heavy atom. The number of carbonyl (C=O) groups is 5. The predicted octanol–water partition coefficient (Wildman–Crippen LogP) is 3.46. The minimum absolute atomic E-state index is 0.121. The Morgan fingerprint density at radius 3 is 2.30 bits per heavy atom. The Morgan fingerprint density at radius 2 is 1.60 bits per heavy atom. The third kappa shape index (κ3) is 10.1. The first-order chi connectivity index (χ1) is 24.1. The zero-order valence-corrected chi connectivity index (χ0v) is 28.1. The molecule has 0 unspecified atom stereocenters. The number of hydrogen-bond donors (Lipinski definition) is 6. The number of benzene rings is 3. The lowest BCUT2D eigenvalue weighted by molar-refractivity contribution is -0.129. The summed E-state index contributed by atoms with van der Waals surface area (Å²) in [5, 5.41) is 28.0. The number of carbonyl (C=O) groups excluding carboxylic acids is 5. The molecule has 0 saturated carbocycles. The Balaban J connectivity index is 1.37. The Bertz CT molecular complexity index is 1770. The average Bonchev–Trinajstić information content (AvgIpc) is 3.11. The van der Waals surface area contributed by atoms with Crippen LogP contribution in [0.3, 0.4) is 0 Å². The number of nitrogens with zero attached hydrogens (tertiary/aromatic N) is 3. The van der Waals surface area contributed by atoms with Crippen LogP contribution in [-0.2, 0) is 32.3 Å². The van der Waals surface area contributed by atoms with Crippen molar-refractivity contribution in [2.45, 2.75) is 51.8 Å². The highest BCUT2D eigenvalue weighted by molar-refractivity contribution is 6.02. The predicted molar refractivity (Wildman–Crippen MR) is 189 cm³/mol. The van der Waals surface area contributed by atoms with Crippen LogP contribution in [-0.4, -0.2) is 60.9 Å². The minimum Gasteiger partial charge on any atom is -0.392 e. The van der Waals surface area contributed by atoms with E-state index in [0.717, 1.165) is 22.3 Å². The molecule has 1 aliphatic heterocycles. The molecular weight excluding hydrogens is 640 g/mol. The monoisotopic (exact) mass is 682 g/mol. The number of fused-ring (bicyclic) bond motifs is 2. The molecular formula is C36H42N8O6. The van der Waals surface area contributed by atoms with Crippen molar-refractivity contribution in [3.8, 4) is 0 Å². The molecule has 0 aromatic heterocycles. The second-order valence-corrected chi connectivity index (χ2v) is 11.6. The first kappa shape index (κ1) is 36.9. The van der Waals surface area contributed by atoms with E-state index in [1.807, 2.05) is 55.5 Å². The van der Waals surface area contributed by atoms with Gasteiger partial charge >= 0.3 is 6.03 Å². The molecule has 50 heavy (non-hydrogen) atoms. The SMILES string of the molecule is CN=N/C1=C(\C)c2ccccc2CN(C(=O)CCC(=O)NCC(=O)N[C@@H](CCCNC(N)=O)C(=O)Nc2ccc(CO)cc2)c2ccccc21. The molecule has 3 aromatic carbocycles. The van der Waals surface area contributed by atoms with E-state index >= 15 is 0 Å². The van der Waals surface area contributed by atoms with E-state index in [0.29, 0.717) is 29.1 Å². The largest absolute Gasteiger partial charge is 0.392 e. The smallest absolute Gasteiger partial charge is 0.312 e. The third-order valence-electron chi connectivity index (χ3n) is 8.09. The Hall–Kier alpha value is -5.89. The van der Waals surface area contributed by atoms with Crippen molar-refractivity contribution in [3.63, 3.8) is 0 Å². The molecule has 14 heteroatoms. The standard InChI is InChI=1S/C36H42N8O6/c1-23-27-9-4-3-8-25(27)21-44(30-12-6-5-10-28(30)34(23)43-38-2)33(48)18-17-31(46)40-20-32(47)42-29(11-7-19-39-36(37)50)35(49)41-26-15-13-24(22-45)14-16-26/h3-6,8-10,12-16,29,45H,7,11,17-22H2,1-2H3,(H,40,46)(H,41,49)(H,42,47)(H3,37,39,50)/b34-23+,43-38?/t29-/m0/s1. The van der Waals surface area contributed by atoms with Crippen LogP contribution < -0.4 is 31.9 Å². The summed E-state index contributed by atoms with van der Waals surface area (Å²) < 4.78 is 0. The van der Waals surface area contributed by atoms with Gasteiger partial charge in [-0.05, 0) is 60.2 Å². The number of nitrogens with one attached hydrogen (secondary N) is 4. The maximum absolute atomic E-state index is 13.7. The first-order valence-corrected chi connectivity index (χ1v) is 16.2. The number of azo groups is 1. The van der Waals surface area contributed by atoms with Gasteiger partial charge in [-0.25, -0.2) is 4.79 Å². The number of anilines is 2. The zero-order chi connectivity index (χ0) is 36.0. The van der Waals surface area contributed by atoms with Gasteiger partial charge in [-0.2, -0.15) is 10.2 Å². The highest BCUT2D eigenvalue weighted by atomic mass is 16.3. The van der Waals surface area contributed by atoms with E-state index in [1.54, 1.807) is 36.2 Å². The molecule has 262 valence electrons. The van der Waals surface area contributed by atoms with Crippen LogP contribution in [0.5, 0.6) is 0 Å². The van der Waals surface area contributed by atoms with Crippen molar-refractivity contribution in [1.82, 2.24) is 16.0 Å². The zero-order valence-electron chi connectivity index (χ0n) is 28.1. The van der Waals surface area contributed by atoms with Crippen LogP contribution in [0, 0.1) is 0 Å². The van der Waals surface area contributed by atoms with Crippen molar-refractivity contribution in [1.29, 1.82) is 0 Å². The highest BCUT2D eigenvalue weighted by Gasteiger charge is 2.26. The van der Waals surface area contributed by atoms with Gasteiger partial charge in [0.1, 0.15) is 6.04 Å². The molecule has 1 atom stereocenters. The average molecular weight is 683 g/mol. The van der Waals surface area contributed by atoms with E-state index in [9.17, 15) is 29.1 Å². The van der Waals surface area contributed by atoms with Crippen LogP contribution in [0.4, 0.5) is 16.2 Å². The summed E-state index contributed by atoms with van der Waals surface area (Å²) in [5.74, 6) is -1.92. The van der Waals surface area contributed by atoms with E-state index in [2.05, 4.69) is 31.5 Å². The molecule has 6 amide bonds. The number of urea groups is 1. The Kier molecular flexibility index (Phi) is 13.3. The lowest BCUT2D eigenvalue weighted by Gasteiger charge is -2.29. The molecule has 0 aliphatic carbocycles. The van der Waals surface area contributed by atoms with Gasteiger partial charge in [0.25, 0.3) is 0 Å². The molecule has 14 nitrogen and oxygen atoms in total. The lowest BCUT2D eigenvalue weighted by Crippen LogP contribution is -2.47. The van der Waals surface area contributed by atoms with Gasteiger partial charge in [0.05, 0.1) is 31.1 Å². The van der Waals surface area contributed by atoms with E-state index in [4.69, 9.17) is 5.73 Å². The van der Waals surface area contributed by atoms with E-state index < -0.39 is 36.3 Å². The molecule has 0 bridgehead atoms. The minimum atomic E-state index is -0.988. The lowest BCUT2D eigenvalue weighted by atomic mass is 9.93. The molecule has 1 aliphatic rings. The van der Waals surface area contributed by atoms with Gasteiger partial charge in [0, 0.05) is 37.7 Å². The summed E-state index contributed by atoms with van der Waals surface area (Å²) in [6, 6.07) is 20.0. The van der Waals surface area contributed by atoms with Crippen molar-refractivity contribution < 1.29 is 29.1 Å². The van der Waals surface area contributed by atoms with E-state index in [-0.39, 0.29) is 44.9 Å². The Labute approximate surface area is 290 Å². The van der Waals surface area contributed by atoms with Gasteiger partial charge in [-0.1, -0.05) is 54.6 Å². The van der Waals surface area contributed by atoms with Crippen molar-refractivity contribution in [2.24, 2.45) is 16.0 Å². The van der Waals surface area contributed by atoms with Crippen molar-refractivity contribution in [3.05, 3.63) is 95.1 Å². The van der Waals surface area contributed by atoms with Crippen LogP contribution in [0.2, 0.25) is 0 Å². The summed E-state index contributed by atoms with van der Waals surface area (Å²) in [5.41, 5.74) is 11.1. The second kappa shape index (κ2) is 18.0. The topological polar surface area (TPSA) is 208 Å². The van der Waals surface area contributed by atoms with Crippen molar-refractivity contribution >= 4 is 52.3 Å². The quantitative estimate of drug-likeness (QED) is 0.111. The highest BCUT2D eigenvalue weighted by Crippen LogP contribution is 2.38. The van der Waals surface area contributed by atoms with Gasteiger partial charge in [0.2, 0.25) is 23.6 Å². The fraction of sp³-hybridized carbons (Fsp3) is 0.306. The fourth-order valence-corrected chi connectivity index (χ4v) is 5.55. The number of primary amides is 1. The van der Waals surface area contributed by atoms with Crippen LogP contribution in [0.15, 0.2) is 83.0 Å². The molecule has 0 saturated heterocycles. The van der Waals surface area contributed by atoms with Crippen molar-refractivity contribution in [2.75, 3.05) is 30.4 Å². The fourth-order valence-electron chi connectivity index (χ4n) is 5.55. The third-order valence-corrected chi connectivity index (χ3v) is 8.09. The normalized spacial score (nSPS) is 14.4. The molecule has 0 fully saturated rings. The number of nitrogens with two attached hydrogens (primary N) is 1. The van der Waals surface area contributed by atoms with Crippen LogP contribution in [0.1, 0.15) is 54.9 Å². The van der Waals surface area contributed by atoms with Gasteiger partial charge < -0.3 is 37.0 Å². The molecule has 7 N–H and O–H groups in total. The molecule has 4 rings (SSSR count). The number of allylic oxidation sites excluding steroid dienone is 1. The summed E-state index contributed by atoms with van der Waals surface area (Å²) >= 11 is 0. The molecule has 0 radical (unpaired) electrons. The number of amides is 6. The number of para-hydroxylation sites is 1. The second-order valence-electron chi connectivity index (χ2n) is 11.6.